The summed E-state index contributed by atoms with van der Waals surface area (Å²) in [7, 11) is 0. The molecule has 0 amide bonds. The van der Waals surface area contributed by atoms with Crippen molar-refractivity contribution in [3.05, 3.63) is 42.5 Å². The Morgan fingerprint density at radius 3 is 2.50 bits per heavy atom. The third-order valence-electron chi connectivity index (χ3n) is 1.99. The molecule has 0 saturated carbocycles. The smallest absolute Gasteiger partial charge is 0.0452 e. The Morgan fingerprint density at radius 2 is 2.07 bits per heavy atom. The van der Waals surface area contributed by atoms with Crippen molar-refractivity contribution in [1.82, 2.24) is 0 Å². The van der Waals surface area contributed by atoms with Gasteiger partial charge in [0.1, 0.15) is 0 Å². The first-order chi connectivity index (χ1) is 6.63. The van der Waals surface area contributed by atoms with Crippen LogP contribution in [0.5, 0.6) is 0 Å². The third-order valence-corrected chi connectivity index (χ3v) is 2.39. The lowest BCUT2D eigenvalue weighted by molar-refractivity contribution is 0.542. The molecule has 1 rings (SSSR count). The van der Waals surface area contributed by atoms with E-state index in [1.807, 2.05) is 25.1 Å². The zero-order valence-electron chi connectivity index (χ0n) is 7.90. The molecule has 76 valence electrons. The highest BCUT2D eigenvalue weighted by Gasteiger charge is 1.99. The molecular weight excluding hydrogens is 198 g/mol. The molecule has 14 heavy (non-hydrogen) atoms. The summed E-state index contributed by atoms with van der Waals surface area (Å²) < 4.78 is 22.9. The summed E-state index contributed by atoms with van der Waals surface area (Å²) in [5, 5.41) is 0. The van der Waals surface area contributed by atoms with E-state index in [-0.39, 0.29) is 5.92 Å². The second-order valence-electron chi connectivity index (χ2n) is 2.98. The largest absolute Gasteiger partial charge is 0.755 e. The third kappa shape index (κ3) is 2.97. The molecule has 0 aliphatic heterocycles. The zero-order valence-corrected chi connectivity index (χ0v) is 8.71. The van der Waals surface area contributed by atoms with Gasteiger partial charge in [0.25, 0.3) is 0 Å². The van der Waals surface area contributed by atoms with E-state index in [0.29, 0.717) is 5.69 Å². The fourth-order valence-corrected chi connectivity index (χ4v) is 1.42. The van der Waals surface area contributed by atoms with Gasteiger partial charge in [0, 0.05) is 17.0 Å². The lowest BCUT2D eigenvalue weighted by atomic mass is 10.0. The Kier molecular flexibility index (Phi) is 3.85. The van der Waals surface area contributed by atoms with E-state index in [1.165, 1.54) is 0 Å². The van der Waals surface area contributed by atoms with E-state index < -0.39 is 11.3 Å². The minimum atomic E-state index is -2.26. The number of hydrogen-bond donors (Lipinski definition) is 1. The summed E-state index contributed by atoms with van der Waals surface area (Å²) in [6.07, 6.45) is 1.84. The fraction of sp³-hybridized carbons (Fsp3) is 0.200. The van der Waals surface area contributed by atoms with E-state index in [0.717, 1.165) is 5.56 Å². The Labute approximate surface area is 86.3 Å². The van der Waals surface area contributed by atoms with Crippen LogP contribution in [-0.4, -0.2) is 8.76 Å². The number of hydrogen-bond acceptors (Lipinski definition) is 2. The lowest BCUT2D eigenvalue weighted by Gasteiger charge is -2.10. The second kappa shape index (κ2) is 4.93. The number of allylic oxidation sites excluding steroid dienone is 1. The normalized spacial score (nSPS) is 14.4. The van der Waals surface area contributed by atoms with Gasteiger partial charge >= 0.3 is 0 Å². The van der Waals surface area contributed by atoms with Gasteiger partial charge < -0.3 is 9.27 Å². The molecule has 3 nitrogen and oxygen atoms in total. The first-order valence-electron chi connectivity index (χ1n) is 4.22. The monoisotopic (exact) mass is 210 g/mol. The fourth-order valence-electron chi connectivity index (χ4n) is 1.09. The van der Waals surface area contributed by atoms with E-state index in [9.17, 15) is 8.76 Å². The van der Waals surface area contributed by atoms with Crippen LogP contribution in [0.25, 0.3) is 0 Å². The Hall–Kier alpha value is -1.13. The molecule has 2 atom stereocenters. The summed E-state index contributed by atoms with van der Waals surface area (Å²) in [6.45, 7) is 5.72. The van der Waals surface area contributed by atoms with Crippen molar-refractivity contribution in [2.45, 2.75) is 12.8 Å². The molecule has 1 N–H and O–H groups in total. The van der Waals surface area contributed by atoms with Crippen LogP contribution in [0.3, 0.4) is 0 Å². The SMILES string of the molecule is C=CC(C)c1ccc(NS(=O)[O-])cc1. The van der Waals surface area contributed by atoms with Gasteiger partial charge in [-0.05, 0) is 23.6 Å². The van der Waals surface area contributed by atoms with Crippen LogP contribution < -0.4 is 4.72 Å². The standard InChI is InChI=1S/C10H13NO2S/c1-3-8(2)9-4-6-10(7-5-9)11-14(12)13/h3-8,11H,1H2,2H3,(H,12,13)/p-1. The van der Waals surface area contributed by atoms with Crippen LogP contribution >= 0.6 is 0 Å². The van der Waals surface area contributed by atoms with Gasteiger partial charge in [-0.15, -0.1) is 6.58 Å². The second-order valence-corrected chi connectivity index (χ2v) is 3.66. The van der Waals surface area contributed by atoms with Gasteiger partial charge in [0.2, 0.25) is 0 Å². The number of nitrogens with one attached hydrogen (secondary N) is 1. The molecule has 0 aliphatic rings. The topological polar surface area (TPSA) is 52.2 Å². The minimum absolute atomic E-state index is 0.279. The summed E-state index contributed by atoms with van der Waals surface area (Å²) in [6, 6.07) is 7.21. The minimum Gasteiger partial charge on any atom is -0.755 e. The number of anilines is 1. The van der Waals surface area contributed by atoms with Crippen LogP contribution in [0, 0.1) is 0 Å². The van der Waals surface area contributed by atoms with Gasteiger partial charge in [0.05, 0.1) is 0 Å². The van der Waals surface area contributed by atoms with Gasteiger partial charge in [-0.25, -0.2) is 0 Å². The molecule has 0 heterocycles. The highest BCUT2D eigenvalue weighted by Crippen LogP contribution is 2.18. The van der Waals surface area contributed by atoms with Gasteiger partial charge in [-0.3, -0.25) is 4.21 Å². The van der Waals surface area contributed by atoms with Crippen molar-refractivity contribution in [1.29, 1.82) is 0 Å². The van der Waals surface area contributed by atoms with Crippen LogP contribution in [0.1, 0.15) is 18.4 Å². The zero-order chi connectivity index (χ0) is 10.6. The highest BCUT2D eigenvalue weighted by atomic mass is 32.2. The maximum atomic E-state index is 10.3. The molecule has 1 aromatic carbocycles. The Bertz CT molecular complexity index is 334. The first-order valence-corrected chi connectivity index (χ1v) is 5.29. The summed E-state index contributed by atoms with van der Waals surface area (Å²) in [5.74, 6) is 0.279. The molecule has 0 saturated heterocycles. The number of rotatable bonds is 4. The molecule has 4 heteroatoms. The molecule has 2 unspecified atom stereocenters. The molecule has 1 aromatic rings. The lowest BCUT2D eigenvalue weighted by Crippen LogP contribution is -2.02. The Balaban J connectivity index is 2.78. The van der Waals surface area contributed by atoms with Crippen LogP contribution in [0.15, 0.2) is 36.9 Å². The molecule has 0 bridgehead atoms. The average molecular weight is 210 g/mol. The van der Waals surface area contributed by atoms with E-state index in [2.05, 4.69) is 11.3 Å². The summed E-state index contributed by atoms with van der Waals surface area (Å²) in [5.41, 5.74) is 1.68. The predicted octanol–water partition coefficient (Wildman–Crippen LogP) is 2.18. The van der Waals surface area contributed by atoms with Gasteiger partial charge in [0.15, 0.2) is 0 Å². The molecule has 0 radical (unpaired) electrons. The average Bonchev–Trinajstić information content (AvgIpc) is 2.17. The molecular formula is C10H12NO2S-. The van der Waals surface area contributed by atoms with E-state index in [4.69, 9.17) is 0 Å². The molecule has 0 spiro atoms. The molecule has 0 fully saturated rings. The van der Waals surface area contributed by atoms with Crippen LogP contribution in [-0.2, 0) is 11.3 Å². The van der Waals surface area contributed by atoms with Crippen molar-refractivity contribution < 1.29 is 8.76 Å². The van der Waals surface area contributed by atoms with Gasteiger partial charge in [-0.2, -0.15) is 0 Å². The van der Waals surface area contributed by atoms with Crippen molar-refractivity contribution in [2.75, 3.05) is 4.72 Å². The van der Waals surface area contributed by atoms with E-state index >= 15 is 0 Å². The molecule has 0 aliphatic carbocycles. The predicted molar refractivity (Wildman–Crippen MR) is 57.6 cm³/mol. The molecule has 0 aromatic heterocycles. The quantitative estimate of drug-likeness (QED) is 0.611. The summed E-state index contributed by atoms with van der Waals surface area (Å²) in [4.78, 5) is 0. The van der Waals surface area contributed by atoms with Gasteiger partial charge in [-0.1, -0.05) is 25.1 Å². The van der Waals surface area contributed by atoms with Crippen molar-refractivity contribution >= 4 is 17.0 Å². The van der Waals surface area contributed by atoms with Crippen molar-refractivity contribution in [3.63, 3.8) is 0 Å². The number of benzene rings is 1. The van der Waals surface area contributed by atoms with Crippen LogP contribution in [0.2, 0.25) is 0 Å². The summed E-state index contributed by atoms with van der Waals surface area (Å²) >= 11 is -2.26. The maximum Gasteiger partial charge on any atom is 0.0452 e. The van der Waals surface area contributed by atoms with Crippen LogP contribution in [0.4, 0.5) is 5.69 Å². The van der Waals surface area contributed by atoms with Crippen molar-refractivity contribution in [2.24, 2.45) is 0 Å². The maximum absolute atomic E-state index is 10.3. The Morgan fingerprint density at radius 1 is 1.50 bits per heavy atom. The van der Waals surface area contributed by atoms with E-state index in [1.54, 1.807) is 12.1 Å². The van der Waals surface area contributed by atoms with Crippen molar-refractivity contribution in [3.8, 4) is 0 Å². The first kappa shape index (κ1) is 10.9. The highest BCUT2D eigenvalue weighted by molar-refractivity contribution is 7.80.